The van der Waals surface area contributed by atoms with Gasteiger partial charge in [-0.2, -0.15) is 13.2 Å². The second kappa shape index (κ2) is 5.71. The Morgan fingerprint density at radius 2 is 2.18 bits per heavy atom. The summed E-state index contributed by atoms with van der Waals surface area (Å²) in [5.74, 6) is -3.62. The lowest BCUT2D eigenvalue weighted by molar-refractivity contribution is -0.196. The molecule has 17 heavy (non-hydrogen) atoms. The highest BCUT2D eigenvalue weighted by Crippen LogP contribution is 2.29. The van der Waals surface area contributed by atoms with Crippen LogP contribution in [-0.4, -0.2) is 41.8 Å². The van der Waals surface area contributed by atoms with Crippen molar-refractivity contribution >= 4 is 5.97 Å². The molecular formula is C11H18F3NO2. The highest BCUT2D eigenvalue weighted by molar-refractivity contribution is 5.71. The van der Waals surface area contributed by atoms with E-state index in [0.717, 1.165) is 19.3 Å². The van der Waals surface area contributed by atoms with Crippen LogP contribution in [0.25, 0.3) is 0 Å². The van der Waals surface area contributed by atoms with E-state index in [1.165, 1.54) is 0 Å². The molecule has 0 spiro atoms. The third-order valence-corrected chi connectivity index (χ3v) is 3.20. The van der Waals surface area contributed by atoms with Crippen molar-refractivity contribution in [3.8, 4) is 0 Å². The molecule has 0 aromatic carbocycles. The summed E-state index contributed by atoms with van der Waals surface area (Å²) in [7, 11) is 0. The maximum absolute atomic E-state index is 12.5. The molecule has 1 fully saturated rings. The molecule has 1 aliphatic rings. The van der Waals surface area contributed by atoms with E-state index < -0.39 is 24.6 Å². The number of rotatable bonds is 5. The van der Waals surface area contributed by atoms with Crippen molar-refractivity contribution < 1.29 is 23.1 Å². The SMILES string of the molecule is CCCC1CCN(CC(C(=O)O)C(F)(F)F)C1. The lowest BCUT2D eigenvalue weighted by Gasteiger charge is -2.22. The Labute approximate surface area is 98.6 Å². The number of carboxylic acids is 1. The molecule has 100 valence electrons. The normalized spacial score (nSPS) is 23.9. The summed E-state index contributed by atoms with van der Waals surface area (Å²) < 4.78 is 37.4. The molecule has 2 atom stereocenters. The van der Waals surface area contributed by atoms with Crippen molar-refractivity contribution in [2.24, 2.45) is 11.8 Å². The van der Waals surface area contributed by atoms with Crippen LogP contribution in [0.1, 0.15) is 26.2 Å². The molecule has 0 aromatic rings. The Kier molecular flexibility index (Phi) is 4.80. The Hall–Kier alpha value is -0.780. The Morgan fingerprint density at radius 1 is 1.53 bits per heavy atom. The Bertz CT molecular complexity index is 268. The van der Waals surface area contributed by atoms with Gasteiger partial charge in [0.25, 0.3) is 0 Å². The van der Waals surface area contributed by atoms with Gasteiger partial charge in [0.15, 0.2) is 5.92 Å². The molecule has 1 N–H and O–H groups in total. The summed E-state index contributed by atoms with van der Waals surface area (Å²) in [6, 6.07) is 0. The van der Waals surface area contributed by atoms with Gasteiger partial charge < -0.3 is 10.0 Å². The van der Waals surface area contributed by atoms with Crippen LogP contribution < -0.4 is 0 Å². The largest absolute Gasteiger partial charge is 0.481 e. The fraction of sp³-hybridized carbons (Fsp3) is 0.909. The summed E-state index contributed by atoms with van der Waals surface area (Å²) in [5.41, 5.74) is 0. The predicted molar refractivity (Wildman–Crippen MR) is 56.6 cm³/mol. The van der Waals surface area contributed by atoms with E-state index in [2.05, 4.69) is 0 Å². The molecule has 3 nitrogen and oxygen atoms in total. The molecule has 0 radical (unpaired) electrons. The maximum atomic E-state index is 12.5. The fourth-order valence-electron chi connectivity index (χ4n) is 2.30. The van der Waals surface area contributed by atoms with Gasteiger partial charge in [-0.1, -0.05) is 13.3 Å². The molecule has 0 amide bonds. The van der Waals surface area contributed by atoms with E-state index in [-0.39, 0.29) is 0 Å². The standard InChI is InChI=1S/C11H18F3NO2/c1-2-3-8-4-5-15(6-8)7-9(10(16)17)11(12,13)14/h8-9H,2-7H2,1H3,(H,16,17). The number of hydrogen-bond acceptors (Lipinski definition) is 2. The van der Waals surface area contributed by atoms with Crippen LogP contribution in [-0.2, 0) is 4.79 Å². The average molecular weight is 253 g/mol. The van der Waals surface area contributed by atoms with Gasteiger partial charge in [-0.05, 0) is 25.3 Å². The predicted octanol–water partition coefficient (Wildman–Crippen LogP) is 2.37. The van der Waals surface area contributed by atoms with Crippen LogP contribution >= 0.6 is 0 Å². The van der Waals surface area contributed by atoms with Crippen LogP contribution in [0.2, 0.25) is 0 Å². The Balaban J connectivity index is 2.50. The monoisotopic (exact) mass is 253 g/mol. The topological polar surface area (TPSA) is 40.5 Å². The molecule has 0 aliphatic carbocycles. The van der Waals surface area contributed by atoms with Gasteiger partial charge in [0.1, 0.15) is 0 Å². The fourth-order valence-corrected chi connectivity index (χ4v) is 2.30. The van der Waals surface area contributed by atoms with Gasteiger partial charge in [-0.3, -0.25) is 4.79 Å². The molecule has 0 saturated carbocycles. The van der Waals surface area contributed by atoms with Gasteiger partial charge in [-0.15, -0.1) is 0 Å². The van der Waals surface area contributed by atoms with Crippen molar-refractivity contribution in [2.75, 3.05) is 19.6 Å². The highest BCUT2D eigenvalue weighted by Gasteiger charge is 2.46. The summed E-state index contributed by atoms with van der Waals surface area (Å²) in [6.45, 7) is 2.79. The minimum Gasteiger partial charge on any atom is -0.481 e. The molecule has 1 rings (SSSR count). The smallest absolute Gasteiger partial charge is 0.403 e. The zero-order valence-corrected chi connectivity index (χ0v) is 9.83. The van der Waals surface area contributed by atoms with Crippen molar-refractivity contribution in [1.82, 2.24) is 4.90 Å². The van der Waals surface area contributed by atoms with Crippen molar-refractivity contribution in [1.29, 1.82) is 0 Å². The first-order valence-electron chi connectivity index (χ1n) is 5.86. The Morgan fingerprint density at radius 3 is 2.65 bits per heavy atom. The van der Waals surface area contributed by atoms with E-state index in [9.17, 15) is 18.0 Å². The lowest BCUT2D eigenvalue weighted by Crippen LogP contribution is -2.40. The number of carboxylic acid groups (broad SMARTS) is 1. The molecule has 6 heteroatoms. The van der Waals surface area contributed by atoms with E-state index >= 15 is 0 Å². The van der Waals surface area contributed by atoms with Crippen LogP contribution in [0.5, 0.6) is 0 Å². The van der Waals surface area contributed by atoms with Gasteiger partial charge in [0, 0.05) is 13.1 Å². The highest BCUT2D eigenvalue weighted by atomic mass is 19.4. The third-order valence-electron chi connectivity index (χ3n) is 3.20. The number of halogens is 3. The average Bonchev–Trinajstić information content (AvgIpc) is 2.60. The van der Waals surface area contributed by atoms with Crippen molar-refractivity contribution in [3.05, 3.63) is 0 Å². The van der Waals surface area contributed by atoms with Crippen molar-refractivity contribution in [2.45, 2.75) is 32.4 Å². The number of likely N-dealkylation sites (tertiary alicyclic amines) is 1. The van der Waals surface area contributed by atoms with E-state index in [4.69, 9.17) is 5.11 Å². The quantitative estimate of drug-likeness (QED) is 0.817. The molecule has 1 saturated heterocycles. The summed E-state index contributed by atoms with van der Waals surface area (Å²) in [6.07, 6.45) is -1.77. The van der Waals surface area contributed by atoms with E-state index in [1.807, 2.05) is 6.92 Å². The number of nitrogens with zero attached hydrogens (tertiary/aromatic N) is 1. The van der Waals surface area contributed by atoms with Crippen molar-refractivity contribution in [3.63, 3.8) is 0 Å². The molecular weight excluding hydrogens is 235 g/mol. The van der Waals surface area contributed by atoms with Gasteiger partial charge >= 0.3 is 12.1 Å². The molecule has 1 heterocycles. The van der Waals surface area contributed by atoms with E-state index in [0.29, 0.717) is 19.0 Å². The summed E-state index contributed by atoms with van der Waals surface area (Å²) in [4.78, 5) is 12.2. The van der Waals surface area contributed by atoms with Crippen LogP contribution in [0.15, 0.2) is 0 Å². The molecule has 1 aliphatic heterocycles. The third kappa shape index (κ3) is 4.18. The minimum absolute atomic E-state index is 0.418. The first-order valence-corrected chi connectivity index (χ1v) is 5.86. The summed E-state index contributed by atoms with van der Waals surface area (Å²) >= 11 is 0. The van der Waals surface area contributed by atoms with Gasteiger partial charge in [0.05, 0.1) is 0 Å². The van der Waals surface area contributed by atoms with E-state index in [1.54, 1.807) is 4.90 Å². The second-order valence-corrected chi connectivity index (χ2v) is 4.64. The second-order valence-electron chi connectivity index (χ2n) is 4.64. The number of alkyl halides is 3. The first-order chi connectivity index (χ1) is 7.84. The number of carbonyl (C=O) groups is 1. The first kappa shape index (κ1) is 14.3. The zero-order chi connectivity index (χ0) is 13.1. The lowest BCUT2D eigenvalue weighted by atomic mass is 10.0. The number of aliphatic carboxylic acids is 1. The molecule has 0 bridgehead atoms. The summed E-state index contributed by atoms with van der Waals surface area (Å²) in [5, 5.41) is 8.59. The van der Waals surface area contributed by atoms with Crippen LogP contribution in [0.3, 0.4) is 0 Å². The van der Waals surface area contributed by atoms with Gasteiger partial charge in [0.2, 0.25) is 0 Å². The van der Waals surface area contributed by atoms with Crippen LogP contribution in [0.4, 0.5) is 13.2 Å². The molecule has 0 aromatic heterocycles. The minimum atomic E-state index is -4.66. The number of hydrogen-bond donors (Lipinski definition) is 1. The zero-order valence-electron chi connectivity index (χ0n) is 9.83. The van der Waals surface area contributed by atoms with Gasteiger partial charge in [-0.25, -0.2) is 0 Å². The maximum Gasteiger partial charge on any atom is 0.403 e. The molecule has 2 unspecified atom stereocenters. The van der Waals surface area contributed by atoms with Crippen LogP contribution in [0, 0.1) is 11.8 Å².